The van der Waals surface area contributed by atoms with E-state index in [1.807, 2.05) is 24.3 Å². The Kier molecular flexibility index (Phi) is 14.1. The number of hydrogen-bond donors (Lipinski definition) is 2. The first-order valence-electron chi connectivity index (χ1n) is 7.15. The molecular weight excluding hydrogens is 288 g/mol. The maximum Gasteiger partial charge on any atom is 0.119 e. The zero-order chi connectivity index (χ0) is 15.5. The largest absolute Gasteiger partial charge is 0.491 e. The van der Waals surface area contributed by atoms with Gasteiger partial charge in [0.15, 0.2) is 0 Å². The summed E-state index contributed by atoms with van der Waals surface area (Å²) in [6, 6.07) is 19.7. The van der Waals surface area contributed by atoms with Crippen LogP contribution in [0.3, 0.4) is 0 Å². The van der Waals surface area contributed by atoms with Crippen LogP contribution < -0.4 is 4.74 Å². The van der Waals surface area contributed by atoms with Gasteiger partial charge in [0.2, 0.25) is 0 Å². The highest BCUT2D eigenvalue weighted by molar-refractivity contribution is 5.20. The van der Waals surface area contributed by atoms with Gasteiger partial charge in [0.1, 0.15) is 18.5 Å². The van der Waals surface area contributed by atoms with E-state index in [0.717, 1.165) is 0 Å². The molecule has 0 saturated heterocycles. The fourth-order valence-electron chi connectivity index (χ4n) is 1.60. The topological polar surface area (TPSA) is 49.7 Å². The Morgan fingerprint density at radius 2 is 1.35 bits per heavy atom. The van der Waals surface area contributed by atoms with Crippen LogP contribution in [0.25, 0.3) is 0 Å². The lowest BCUT2D eigenvalue weighted by Gasteiger charge is -2.08. The molecule has 0 bridgehead atoms. The highest BCUT2D eigenvalue weighted by Gasteiger charge is 2.01. The molecule has 1 unspecified atom stereocenters. The second-order valence-electron chi connectivity index (χ2n) is 5.03. The maximum atomic E-state index is 8.94. The Hall–Kier alpha value is -1.84. The molecule has 0 aliphatic rings. The molecule has 130 valence electrons. The van der Waals surface area contributed by atoms with E-state index in [9.17, 15) is 0 Å². The van der Waals surface area contributed by atoms with Gasteiger partial charge in [-0.3, -0.25) is 0 Å². The summed E-state index contributed by atoms with van der Waals surface area (Å²) in [5.74, 6) is 1.36. The molecule has 2 aromatic carbocycles. The molecule has 2 aromatic rings. The first-order valence-corrected chi connectivity index (χ1v) is 7.15. The van der Waals surface area contributed by atoms with Crippen LogP contribution in [-0.2, 0) is 0 Å². The number of para-hydroxylation sites is 1. The molecule has 0 spiro atoms. The Balaban J connectivity index is 0. The molecule has 0 aliphatic carbocycles. The minimum atomic E-state index is -0.801. The summed E-state index contributed by atoms with van der Waals surface area (Å²) < 4.78 is 5.15. The fourth-order valence-corrected chi connectivity index (χ4v) is 1.60. The van der Waals surface area contributed by atoms with Crippen LogP contribution in [-0.4, -0.2) is 29.5 Å². The standard InChI is InChI=1S/C9H12O3.C9H12.2CH4/c10-6-8(11)7-12-9-4-2-1-3-5-9;1-8(2)9-6-4-3-5-7-9;;/h1-5,8,10-11H,6-7H2;3-8H,1-2H3;2*1H4. The molecule has 0 aromatic heterocycles. The summed E-state index contributed by atoms with van der Waals surface area (Å²) in [7, 11) is 0. The first-order chi connectivity index (χ1) is 10.1. The fraction of sp³-hybridized carbons (Fsp3) is 0.400. The van der Waals surface area contributed by atoms with E-state index < -0.39 is 6.10 Å². The van der Waals surface area contributed by atoms with Gasteiger partial charge in [-0.1, -0.05) is 77.2 Å². The van der Waals surface area contributed by atoms with Crippen LogP contribution in [0.5, 0.6) is 5.75 Å². The molecule has 3 heteroatoms. The Morgan fingerprint density at radius 1 is 0.870 bits per heavy atom. The lowest BCUT2D eigenvalue weighted by Crippen LogP contribution is -2.21. The number of rotatable bonds is 5. The van der Waals surface area contributed by atoms with Gasteiger partial charge in [-0.25, -0.2) is 0 Å². The molecule has 23 heavy (non-hydrogen) atoms. The minimum absolute atomic E-state index is 0. The van der Waals surface area contributed by atoms with E-state index in [1.165, 1.54) is 5.56 Å². The molecule has 0 aliphatic heterocycles. The van der Waals surface area contributed by atoms with Crippen molar-refractivity contribution >= 4 is 0 Å². The van der Waals surface area contributed by atoms with E-state index in [0.29, 0.717) is 11.7 Å². The van der Waals surface area contributed by atoms with Crippen molar-refractivity contribution in [2.45, 2.75) is 40.7 Å². The second kappa shape index (κ2) is 13.8. The molecule has 2 rings (SSSR count). The van der Waals surface area contributed by atoms with E-state index in [2.05, 4.69) is 38.1 Å². The second-order valence-corrected chi connectivity index (χ2v) is 5.03. The molecule has 2 N–H and O–H groups in total. The third-order valence-electron chi connectivity index (χ3n) is 2.86. The van der Waals surface area contributed by atoms with Crippen molar-refractivity contribution in [1.82, 2.24) is 0 Å². The van der Waals surface area contributed by atoms with Crippen molar-refractivity contribution in [1.29, 1.82) is 0 Å². The zero-order valence-electron chi connectivity index (χ0n) is 12.6. The van der Waals surface area contributed by atoms with Gasteiger partial charge in [-0.05, 0) is 23.6 Å². The van der Waals surface area contributed by atoms with Crippen LogP contribution in [0.1, 0.15) is 40.2 Å². The molecule has 0 heterocycles. The third kappa shape index (κ3) is 10.5. The Labute approximate surface area is 141 Å². The predicted octanol–water partition coefficient (Wildman–Crippen LogP) is 4.50. The number of benzene rings is 2. The highest BCUT2D eigenvalue weighted by Crippen LogP contribution is 2.11. The molecule has 0 saturated carbocycles. The van der Waals surface area contributed by atoms with E-state index in [1.54, 1.807) is 12.1 Å². The van der Waals surface area contributed by atoms with Gasteiger partial charge in [0.25, 0.3) is 0 Å². The summed E-state index contributed by atoms with van der Waals surface area (Å²) >= 11 is 0. The van der Waals surface area contributed by atoms with Gasteiger partial charge in [0, 0.05) is 0 Å². The van der Waals surface area contributed by atoms with Gasteiger partial charge < -0.3 is 14.9 Å². The summed E-state index contributed by atoms with van der Waals surface area (Å²) in [5, 5.41) is 17.4. The van der Waals surface area contributed by atoms with Crippen LogP contribution >= 0.6 is 0 Å². The maximum absolute atomic E-state index is 8.94. The van der Waals surface area contributed by atoms with Crippen molar-refractivity contribution in [2.24, 2.45) is 0 Å². The van der Waals surface area contributed by atoms with Crippen LogP contribution in [0, 0.1) is 0 Å². The normalized spacial score (nSPS) is 10.5. The SMILES string of the molecule is C.C.CC(C)c1ccccc1.OCC(O)COc1ccccc1. The minimum Gasteiger partial charge on any atom is -0.491 e. The molecule has 3 nitrogen and oxygen atoms in total. The zero-order valence-corrected chi connectivity index (χ0v) is 12.6. The quantitative estimate of drug-likeness (QED) is 0.852. The van der Waals surface area contributed by atoms with Crippen LogP contribution in [0.4, 0.5) is 0 Å². The predicted molar refractivity (Wildman–Crippen MR) is 99.0 cm³/mol. The van der Waals surface area contributed by atoms with Gasteiger partial charge in [0.05, 0.1) is 6.61 Å². The molecule has 0 fully saturated rings. The third-order valence-corrected chi connectivity index (χ3v) is 2.86. The molecular formula is C20H32O3. The number of ether oxygens (including phenoxy) is 1. The van der Waals surface area contributed by atoms with Gasteiger partial charge in [-0.15, -0.1) is 0 Å². The van der Waals surface area contributed by atoms with Gasteiger partial charge >= 0.3 is 0 Å². The van der Waals surface area contributed by atoms with E-state index >= 15 is 0 Å². The van der Waals surface area contributed by atoms with Gasteiger partial charge in [-0.2, -0.15) is 0 Å². The lowest BCUT2D eigenvalue weighted by molar-refractivity contribution is 0.0536. The average Bonchev–Trinajstić information content (AvgIpc) is 2.55. The lowest BCUT2D eigenvalue weighted by atomic mass is 10.0. The van der Waals surface area contributed by atoms with Crippen LogP contribution in [0.15, 0.2) is 60.7 Å². The molecule has 1 atom stereocenters. The van der Waals surface area contributed by atoms with Crippen molar-refractivity contribution in [3.63, 3.8) is 0 Å². The van der Waals surface area contributed by atoms with Crippen LogP contribution in [0.2, 0.25) is 0 Å². The molecule has 0 amide bonds. The summed E-state index contributed by atoms with van der Waals surface area (Å²) in [6.45, 7) is 4.26. The monoisotopic (exact) mass is 320 g/mol. The van der Waals surface area contributed by atoms with E-state index in [4.69, 9.17) is 14.9 Å². The van der Waals surface area contributed by atoms with Crippen molar-refractivity contribution < 1.29 is 14.9 Å². The number of aliphatic hydroxyl groups is 2. The number of hydrogen-bond acceptors (Lipinski definition) is 3. The summed E-state index contributed by atoms with van der Waals surface area (Å²) in [5.41, 5.74) is 1.41. The molecule has 0 radical (unpaired) electrons. The highest BCUT2D eigenvalue weighted by atomic mass is 16.5. The smallest absolute Gasteiger partial charge is 0.119 e. The summed E-state index contributed by atoms with van der Waals surface area (Å²) in [6.07, 6.45) is -0.801. The first kappa shape index (κ1) is 23.4. The van der Waals surface area contributed by atoms with Crippen molar-refractivity contribution in [3.8, 4) is 5.75 Å². The summed E-state index contributed by atoms with van der Waals surface area (Å²) in [4.78, 5) is 0. The Morgan fingerprint density at radius 3 is 1.74 bits per heavy atom. The number of aliphatic hydroxyl groups excluding tert-OH is 2. The van der Waals surface area contributed by atoms with Crippen molar-refractivity contribution in [2.75, 3.05) is 13.2 Å². The average molecular weight is 320 g/mol. The Bertz CT molecular complexity index is 469. The van der Waals surface area contributed by atoms with E-state index in [-0.39, 0.29) is 28.1 Å². The van der Waals surface area contributed by atoms with Crippen molar-refractivity contribution in [3.05, 3.63) is 66.2 Å².